The molecule has 0 rings (SSSR count). The van der Waals surface area contributed by atoms with Crippen LogP contribution in [0.2, 0.25) is 0 Å². The van der Waals surface area contributed by atoms with Crippen LogP contribution in [0.4, 0.5) is 0 Å². The van der Waals surface area contributed by atoms with Gasteiger partial charge in [-0.05, 0) is 57.8 Å². The Kier molecular flexibility index (Phi) is 54.7. The van der Waals surface area contributed by atoms with Gasteiger partial charge in [-0.25, -0.2) is 0 Å². The molecule has 0 saturated carbocycles. The summed E-state index contributed by atoms with van der Waals surface area (Å²) in [5.41, 5.74) is 0. The van der Waals surface area contributed by atoms with E-state index in [1.165, 1.54) is 270 Å². The van der Waals surface area contributed by atoms with Crippen molar-refractivity contribution >= 4 is 5.91 Å². The van der Waals surface area contributed by atoms with Crippen LogP contribution in [0.5, 0.6) is 0 Å². The van der Waals surface area contributed by atoms with Gasteiger partial charge < -0.3 is 15.5 Å². The number of aliphatic hydroxyl groups is 2. The van der Waals surface area contributed by atoms with E-state index in [1.54, 1.807) is 6.08 Å². The Balaban J connectivity index is 3.49. The maximum Gasteiger partial charge on any atom is 0.220 e. The molecule has 0 heterocycles. The molecule has 0 radical (unpaired) electrons. The molecule has 4 nitrogen and oxygen atoms in total. The van der Waals surface area contributed by atoms with Gasteiger partial charge in [0.15, 0.2) is 0 Å². The summed E-state index contributed by atoms with van der Waals surface area (Å²) in [5.74, 6) is -0.0721. The van der Waals surface area contributed by atoms with Crippen LogP contribution in [0.3, 0.4) is 0 Å². The largest absolute Gasteiger partial charge is 0.394 e. The monoisotopic (exact) mass is 898 g/mol. The third-order valence-electron chi connectivity index (χ3n) is 13.6. The molecule has 0 spiro atoms. The number of allylic oxidation sites excluding steroid dienone is 5. The van der Waals surface area contributed by atoms with Crippen LogP contribution in [-0.4, -0.2) is 34.9 Å². The van der Waals surface area contributed by atoms with Gasteiger partial charge >= 0.3 is 0 Å². The molecule has 2 atom stereocenters. The van der Waals surface area contributed by atoms with Crippen LogP contribution < -0.4 is 5.32 Å². The van der Waals surface area contributed by atoms with Gasteiger partial charge in [0.05, 0.1) is 18.8 Å². The fraction of sp³-hybridized carbons (Fsp3) is 0.883. The van der Waals surface area contributed by atoms with Crippen molar-refractivity contribution in [2.24, 2.45) is 0 Å². The lowest BCUT2D eigenvalue weighted by Gasteiger charge is -2.19. The van der Waals surface area contributed by atoms with Crippen molar-refractivity contribution in [1.29, 1.82) is 0 Å². The molecular weight excluding hydrogens is 783 g/mol. The number of nitrogens with one attached hydrogen (secondary N) is 1. The van der Waals surface area contributed by atoms with Crippen LogP contribution in [0.25, 0.3) is 0 Å². The summed E-state index contributed by atoms with van der Waals surface area (Å²) in [6.45, 7) is 4.33. The zero-order valence-electron chi connectivity index (χ0n) is 43.6. The summed E-state index contributed by atoms with van der Waals surface area (Å²) >= 11 is 0. The number of carbonyl (C=O) groups is 1. The number of rotatable bonds is 54. The molecule has 0 aliphatic heterocycles. The number of hydrogen-bond acceptors (Lipinski definition) is 3. The minimum absolute atomic E-state index is 0.0721. The van der Waals surface area contributed by atoms with Gasteiger partial charge in [0.25, 0.3) is 0 Å². The number of amides is 1. The summed E-state index contributed by atoms with van der Waals surface area (Å²) in [6.07, 6.45) is 76.1. The highest BCUT2D eigenvalue weighted by atomic mass is 16.3. The van der Waals surface area contributed by atoms with E-state index < -0.39 is 12.1 Å². The van der Waals surface area contributed by atoms with E-state index in [0.29, 0.717) is 6.42 Å². The average Bonchev–Trinajstić information content (AvgIpc) is 3.30. The van der Waals surface area contributed by atoms with Crippen molar-refractivity contribution < 1.29 is 15.0 Å². The van der Waals surface area contributed by atoms with Gasteiger partial charge in [-0.15, -0.1) is 0 Å². The first-order chi connectivity index (χ1) is 31.7. The van der Waals surface area contributed by atoms with Crippen LogP contribution >= 0.6 is 0 Å². The zero-order chi connectivity index (χ0) is 46.3. The van der Waals surface area contributed by atoms with Crippen molar-refractivity contribution in [2.75, 3.05) is 6.61 Å². The molecule has 378 valence electrons. The summed E-state index contributed by atoms with van der Waals surface area (Å²) < 4.78 is 0. The second-order valence-corrected chi connectivity index (χ2v) is 20.1. The molecule has 0 fully saturated rings. The molecule has 0 aliphatic carbocycles. The fourth-order valence-corrected chi connectivity index (χ4v) is 9.13. The van der Waals surface area contributed by atoms with Crippen molar-refractivity contribution in [3.8, 4) is 0 Å². The lowest BCUT2D eigenvalue weighted by molar-refractivity contribution is -0.123. The van der Waals surface area contributed by atoms with Gasteiger partial charge in [-0.1, -0.05) is 294 Å². The number of aliphatic hydroxyl groups excluding tert-OH is 2. The highest BCUT2D eigenvalue weighted by Gasteiger charge is 2.18. The molecular formula is C60H115NO3. The van der Waals surface area contributed by atoms with Gasteiger partial charge in [-0.2, -0.15) is 0 Å². The first-order valence-corrected chi connectivity index (χ1v) is 29.2. The predicted octanol–water partition coefficient (Wildman–Crippen LogP) is 19.3. The third-order valence-corrected chi connectivity index (χ3v) is 13.6. The molecule has 0 aliphatic rings. The SMILES string of the molecule is CCCCCCCCCC/C=C\CCCCCCCCCCCC(=O)NC(CO)C(O)/C=C/CC/C=C/CCCCCCCCCCCCCCCCCCCCCCCCCCC. The van der Waals surface area contributed by atoms with Gasteiger partial charge in [0.1, 0.15) is 0 Å². The molecule has 1 amide bonds. The molecule has 0 aromatic rings. The Bertz CT molecular complexity index is 974. The van der Waals surface area contributed by atoms with E-state index in [0.717, 1.165) is 32.1 Å². The van der Waals surface area contributed by atoms with Crippen LogP contribution in [0.1, 0.15) is 322 Å². The van der Waals surface area contributed by atoms with E-state index in [9.17, 15) is 15.0 Å². The Hall–Kier alpha value is -1.39. The first kappa shape index (κ1) is 62.6. The molecule has 0 saturated heterocycles. The minimum Gasteiger partial charge on any atom is -0.394 e. The minimum atomic E-state index is -0.864. The molecule has 2 unspecified atom stereocenters. The van der Waals surface area contributed by atoms with Gasteiger partial charge in [0, 0.05) is 6.42 Å². The third kappa shape index (κ3) is 51.6. The predicted molar refractivity (Wildman–Crippen MR) is 285 cm³/mol. The molecule has 0 aromatic heterocycles. The number of hydrogen-bond donors (Lipinski definition) is 3. The Morgan fingerprint density at radius 1 is 0.359 bits per heavy atom. The van der Waals surface area contributed by atoms with Crippen molar-refractivity contribution in [2.45, 2.75) is 334 Å². The second kappa shape index (κ2) is 55.9. The summed E-state index contributed by atoms with van der Waals surface area (Å²) in [6, 6.07) is -0.641. The fourth-order valence-electron chi connectivity index (χ4n) is 9.13. The first-order valence-electron chi connectivity index (χ1n) is 29.2. The normalized spacial score (nSPS) is 13.0. The smallest absolute Gasteiger partial charge is 0.220 e. The van der Waals surface area contributed by atoms with Crippen molar-refractivity contribution in [3.63, 3.8) is 0 Å². The lowest BCUT2D eigenvalue weighted by Crippen LogP contribution is -2.45. The van der Waals surface area contributed by atoms with Gasteiger partial charge in [-0.3, -0.25) is 4.79 Å². The van der Waals surface area contributed by atoms with E-state index in [4.69, 9.17) is 0 Å². The number of unbranched alkanes of at least 4 members (excludes halogenated alkanes) is 43. The molecule has 3 N–H and O–H groups in total. The van der Waals surface area contributed by atoms with Crippen molar-refractivity contribution in [3.05, 3.63) is 36.5 Å². The molecule has 64 heavy (non-hydrogen) atoms. The van der Waals surface area contributed by atoms with Crippen LogP contribution in [0, 0.1) is 0 Å². The maximum atomic E-state index is 12.5. The number of carbonyl (C=O) groups excluding carboxylic acids is 1. The van der Waals surface area contributed by atoms with Crippen molar-refractivity contribution in [1.82, 2.24) is 5.32 Å². The summed E-state index contributed by atoms with van der Waals surface area (Å²) in [4.78, 5) is 12.5. The maximum absolute atomic E-state index is 12.5. The molecule has 4 heteroatoms. The van der Waals surface area contributed by atoms with E-state index in [-0.39, 0.29) is 12.5 Å². The van der Waals surface area contributed by atoms with E-state index in [2.05, 4.69) is 43.5 Å². The van der Waals surface area contributed by atoms with Crippen LogP contribution in [0.15, 0.2) is 36.5 Å². The molecule has 0 aromatic carbocycles. The highest BCUT2D eigenvalue weighted by Crippen LogP contribution is 2.17. The quantitative estimate of drug-likeness (QED) is 0.0421. The van der Waals surface area contributed by atoms with Gasteiger partial charge in [0.2, 0.25) is 5.91 Å². The average molecular weight is 899 g/mol. The standard InChI is InChI=1S/C60H115NO3/c1-3-5-7-9-11-13-15-17-19-21-23-25-26-27-28-29-30-31-32-33-34-36-37-39-41-43-45-47-49-51-53-55-59(63)58(57-62)61-60(64)56-54-52-50-48-46-44-42-40-38-35-24-22-20-18-16-14-12-10-8-6-4-2/h22,24,45,47,53,55,58-59,62-63H,3-21,23,25-44,46,48-52,54,56-57H2,1-2H3,(H,61,64)/b24-22-,47-45+,55-53+. The Morgan fingerprint density at radius 3 is 0.906 bits per heavy atom. The zero-order valence-corrected chi connectivity index (χ0v) is 43.6. The van der Waals surface area contributed by atoms with E-state index >= 15 is 0 Å². The summed E-state index contributed by atoms with van der Waals surface area (Å²) in [5, 5.41) is 23.2. The second-order valence-electron chi connectivity index (χ2n) is 20.1. The van der Waals surface area contributed by atoms with E-state index in [1.807, 2.05) is 6.08 Å². The lowest BCUT2D eigenvalue weighted by atomic mass is 10.0. The summed E-state index contributed by atoms with van der Waals surface area (Å²) in [7, 11) is 0. The highest BCUT2D eigenvalue weighted by molar-refractivity contribution is 5.76. The molecule has 0 bridgehead atoms. The van der Waals surface area contributed by atoms with Crippen LogP contribution in [-0.2, 0) is 4.79 Å². The Labute approximate surface area is 402 Å². The topological polar surface area (TPSA) is 69.6 Å². The Morgan fingerprint density at radius 2 is 0.609 bits per heavy atom.